The number of carbonyl (C=O) groups is 1. The minimum atomic E-state index is 0.0672. The molecular weight excluding hydrogens is 386 g/mol. The number of rotatable bonds is 7. The van der Waals surface area contributed by atoms with Gasteiger partial charge in [-0.2, -0.15) is 0 Å². The first-order chi connectivity index (χ1) is 14.9. The van der Waals surface area contributed by atoms with Gasteiger partial charge in [0.15, 0.2) is 5.96 Å². The van der Waals surface area contributed by atoms with Gasteiger partial charge in [-0.05, 0) is 57.7 Å². The monoisotopic (exact) mass is 427 g/mol. The van der Waals surface area contributed by atoms with Crippen LogP contribution in [0.25, 0.3) is 0 Å². The van der Waals surface area contributed by atoms with Crippen molar-refractivity contribution in [1.82, 2.24) is 20.4 Å². The van der Waals surface area contributed by atoms with Crippen molar-refractivity contribution in [3.8, 4) is 0 Å². The molecule has 1 atom stereocenters. The SMILES string of the molecule is CCNC(=NCC1CCN(Cc2ccc(C)cc2)CC1)NC1CCN(C(=O)C(C)C)C1. The Kier molecular flexibility index (Phi) is 8.76. The number of aryl methyl sites for hydroxylation is 1. The van der Waals surface area contributed by atoms with Crippen LogP contribution in [0.15, 0.2) is 29.3 Å². The Balaban J connectivity index is 1.43. The number of guanidine groups is 1. The van der Waals surface area contributed by atoms with Crippen molar-refractivity contribution in [2.45, 2.75) is 59.5 Å². The molecule has 3 rings (SSSR count). The van der Waals surface area contributed by atoms with Gasteiger partial charge in [-0.1, -0.05) is 43.7 Å². The van der Waals surface area contributed by atoms with Crippen LogP contribution in [-0.4, -0.2) is 67.0 Å². The van der Waals surface area contributed by atoms with E-state index in [-0.39, 0.29) is 17.9 Å². The molecule has 2 aliphatic rings. The van der Waals surface area contributed by atoms with Gasteiger partial charge in [-0.15, -0.1) is 0 Å². The minimum Gasteiger partial charge on any atom is -0.357 e. The first-order valence-corrected chi connectivity index (χ1v) is 12.1. The molecule has 0 spiro atoms. The van der Waals surface area contributed by atoms with Crippen LogP contribution >= 0.6 is 0 Å². The van der Waals surface area contributed by atoms with Crippen LogP contribution in [0.5, 0.6) is 0 Å². The van der Waals surface area contributed by atoms with Crippen LogP contribution in [0.2, 0.25) is 0 Å². The normalized spacial score (nSPS) is 21.0. The number of nitrogens with zero attached hydrogens (tertiary/aromatic N) is 3. The van der Waals surface area contributed by atoms with Crippen LogP contribution in [0.1, 0.15) is 51.2 Å². The molecule has 2 aliphatic heterocycles. The van der Waals surface area contributed by atoms with E-state index in [4.69, 9.17) is 4.99 Å². The number of hydrogen-bond acceptors (Lipinski definition) is 3. The Morgan fingerprint density at radius 3 is 2.48 bits per heavy atom. The van der Waals surface area contributed by atoms with Gasteiger partial charge in [0.25, 0.3) is 0 Å². The van der Waals surface area contributed by atoms with E-state index in [9.17, 15) is 4.79 Å². The molecule has 1 amide bonds. The molecule has 2 heterocycles. The lowest BCUT2D eigenvalue weighted by Gasteiger charge is -2.31. The van der Waals surface area contributed by atoms with E-state index in [2.05, 4.69) is 53.6 Å². The molecule has 172 valence electrons. The number of likely N-dealkylation sites (tertiary alicyclic amines) is 2. The Morgan fingerprint density at radius 2 is 1.84 bits per heavy atom. The van der Waals surface area contributed by atoms with Crippen LogP contribution in [0.3, 0.4) is 0 Å². The third-order valence-corrected chi connectivity index (χ3v) is 6.42. The maximum atomic E-state index is 12.2. The summed E-state index contributed by atoms with van der Waals surface area (Å²) in [6.45, 7) is 14.9. The number of amides is 1. The molecule has 0 saturated carbocycles. The van der Waals surface area contributed by atoms with Crippen LogP contribution in [0, 0.1) is 18.8 Å². The van der Waals surface area contributed by atoms with Gasteiger partial charge in [0.05, 0.1) is 0 Å². The van der Waals surface area contributed by atoms with Crippen molar-refractivity contribution in [3.05, 3.63) is 35.4 Å². The molecule has 2 N–H and O–H groups in total. The van der Waals surface area contributed by atoms with E-state index < -0.39 is 0 Å². The van der Waals surface area contributed by atoms with Crippen molar-refractivity contribution >= 4 is 11.9 Å². The topological polar surface area (TPSA) is 60.0 Å². The second kappa shape index (κ2) is 11.5. The van der Waals surface area contributed by atoms with Gasteiger partial charge in [-0.3, -0.25) is 14.7 Å². The van der Waals surface area contributed by atoms with Crippen LogP contribution < -0.4 is 10.6 Å². The van der Waals surface area contributed by atoms with E-state index in [1.54, 1.807) is 0 Å². The predicted molar refractivity (Wildman–Crippen MR) is 128 cm³/mol. The summed E-state index contributed by atoms with van der Waals surface area (Å²) >= 11 is 0. The molecular formula is C25H41N5O. The molecule has 0 aliphatic carbocycles. The number of nitrogens with one attached hydrogen (secondary N) is 2. The summed E-state index contributed by atoms with van der Waals surface area (Å²) in [5.74, 6) is 1.86. The second-order valence-corrected chi connectivity index (χ2v) is 9.49. The molecule has 0 aromatic heterocycles. The van der Waals surface area contributed by atoms with E-state index in [0.29, 0.717) is 5.92 Å². The van der Waals surface area contributed by atoms with Crippen molar-refractivity contribution < 1.29 is 4.79 Å². The molecule has 6 nitrogen and oxygen atoms in total. The van der Waals surface area contributed by atoms with Gasteiger partial charge in [0.2, 0.25) is 5.91 Å². The lowest BCUT2D eigenvalue weighted by Crippen LogP contribution is -2.45. The summed E-state index contributed by atoms with van der Waals surface area (Å²) < 4.78 is 0. The average molecular weight is 428 g/mol. The molecule has 1 aromatic rings. The first kappa shape index (κ1) is 23.6. The van der Waals surface area contributed by atoms with E-state index in [0.717, 1.165) is 58.2 Å². The maximum absolute atomic E-state index is 12.2. The van der Waals surface area contributed by atoms with Gasteiger partial charge < -0.3 is 15.5 Å². The Hall–Kier alpha value is -2.08. The fourth-order valence-corrected chi connectivity index (χ4v) is 4.46. The number of carbonyl (C=O) groups excluding carboxylic acids is 1. The fourth-order valence-electron chi connectivity index (χ4n) is 4.46. The van der Waals surface area contributed by atoms with Crippen LogP contribution in [-0.2, 0) is 11.3 Å². The van der Waals surface area contributed by atoms with E-state index in [1.807, 2.05) is 18.7 Å². The first-order valence-electron chi connectivity index (χ1n) is 12.1. The zero-order chi connectivity index (χ0) is 22.2. The summed E-state index contributed by atoms with van der Waals surface area (Å²) in [6.07, 6.45) is 3.39. The van der Waals surface area contributed by atoms with Gasteiger partial charge in [0, 0.05) is 44.7 Å². The zero-order valence-electron chi connectivity index (χ0n) is 19.9. The Labute approximate surface area is 188 Å². The number of hydrogen-bond donors (Lipinski definition) is 2. The van der Waals surface area contributed by atoms with Crippen molar-refractivity contribution in [1.29, 1.82) is 0 Å². The lowest BCUT2D eigenvalue weighted by atomic mass is 9.96. The summed E-state index contributed by atoms with van der Waals surface area (Å²) in [4.78, 5) is 21.7. The highest BCUT2D eigenvalue weighted by Gasteiger charge is 2.28. The molecule has 0 radical (unpaired) electrons. The summed E-state index contributed by atoms with van der Waals surface area (Å²) in [7, 11) is 0. The molecule has 2 fully saturated rings. The molecule has 2 saturated heterocycles. The third-order valence-electron chi connectivity index (χ3n) is 6.42. The highest BCUT2D eigenvalue weighted by molar-refractivity contribution is 5.81. The largest absolute Gasteiger partial charge is 0.357 e. The highest BCUT2D eigenvalue weighted by Crippen LogP contribution is 2.20. The van der Waals surface area contributed by atoms with Crippen molar-refractivity contribution in [2.24, 2.45) is 16.8 Å². The second-order valence-electron chi connectivity index (χ2n) is 9.49. The summed E-state index contributed by atoms with van der Waals surface area (Å²) in [6, 6.07) is 9.19. The molecule has 31 heavy (non-hydrogen) atoms. The summed E-state index contributed by atoms with van der Waals surface area (Å²) in [5, 5.41) is 6.95. The smallest absolute Gasteiger partial charge is 0.225 e. The molecule has 0 bridgehead atoms. The zero-order valence-corrected chi connectivity index (χ0v) is 19.9. The highest BCUT2D eigenvalue weighted by atomic mass is 16.2. The molecule has 1 unspecified atom stereocenters. The fraction of sp³-hybridized carbons (Fsp3) is 0.680. The number of benzene rings is 1. The Morgan fingerprint density at radius 1 is 1.13 bits per heavy atom. The molecule has 1 aromatic carbocycles. The van der Waals surface area contributed by atoms with Crippen molar-refractivity contribution in [2.75, 3.05) is 39.3 Å². The van der Waals surface area contributed by atoms with Crippen LogP contribution in [0.4, 0.5) is 0 Å². The third kappa shape index (κ3) is 7.23. The Bertz CT molecular complexity index is 722. The summed E-state index contributed by atoms with van der Waals surface area (Å²) in [5.41, 5.74) is 2.73. The molecule has 6 heteroatoms. The quantitative estimate of drug-likeness (QED) is 0.519. The van der Waals surface area contributed by atoms with Crippen molar-refractivity contribution in [3.63, 3.8) is 0 Å². The standard InChI is InChI=1S/C25H41N5O/c1-5-26-25(28-23-12-15-30(18-23)24(31)19(2)3)27-16-21-10-13-29(14-11-21)17-22-8-6-20(4)7-9-22/h6-9,19,21,23H,5,10-18H2,1-4H3,(H2,26,27,28). The number of aliphatic imine (C=N–C) groups is 1. The van der Waals surface area contributed by atoms with E-state index in [1.165, 1.54) is 24.0 Å². The minimum absolute atomic E-state index is 0.0672. The van der Waals surface area contributed by atoms with E-state index >= 15 is 0 Å². The van der Waals surface area contributed by atoms with Gasteiger partial charge in [0.1, 0.15) is 0 Å². The maximum Gasteiger partial charge on any atom is 0.225 e. The predicted octanol–water partition coefficient (Wildman–Crippen LogP) is 3.02. The van der Waals surface area contributed by atoms with Gasteiger partial charge in [-0.25, -0.2) is 0 Å². The number of piperidine rings is 1. The lowest BCUT2D eigenvalue weighted by molar-refractivity contribution is -0.133. The van der Waals surface area contributed by atoms with Gasteiger partial charge >= 0.3 is 0 Å². The average Bonchev–Trinajstić information content (AvgIpc) is 3.22.